The van der Waals surface area contributed by atoms with E-state index in [0.717, 1.165) is 81.7 Å². The van der Waals surface area contributed by atoms with E-state index in [4.69, 9.17) is 24.2 Å². The van der Waals surface area contributed by atoms with Crippen molar-refractivity contribution in [2.45, 2.75) is 76.5 Å². The van der Waals surface area contributed by atoms with Crippen LogP contribution in [0.5, 0.6) is 0 Å². The number of benzene rings is 3. The lowest BCUT2D eigenvalue weighted by molar-refractivity contribution is -0.137. The number of aromatic amines is 2. The van der Waals surface area contributed by atoms with E-state index in [1.165, 1.54) is 14.2 Å². The van der Waals surface area contributed by atoms with Crippen LogP contribution in [0.25, 0.3) is 44.4 Å². The number of H-pyrrole nitrogens is 2. The van der Waals surface area contributed by atoms with Crippen LogP contribution in [-0.2, 0) is 23.8 Å². The second kappa shape index (κ2) is 18.2. The first kappa shape index (κ1) is 41.5. The number of amides is 4. The SMILES string of the molecule is COC(=O)NC(C(=O)N1CCC[C@H]1c1ncc(-c2ccc(-c3ccc4cc(-c5cnc([C@@H]6CCCN6C(=O)[C@@H](NC(=O)OC)C(C)C)[nH]5)ccc4c3)cc2)[nH]1)C1CCOCC1. The van der Waals surface area contributed by atoms with Gasteiger partial charge in [-0.25, -0.2) is 19.6 Å². The zero-order valence-electron chi connectivity index (χ0n) is 35.1. The van der Waals surface area contributed by atoms with Crippen molar-refractivity contribution < 1.29 is 33.4 Å². The van der Waals surface area contributed by atoms with E-state index < -0.39 is 24.3 Å². The van der Waals surface area contributed by atoms with Crippen LogP contribution in [0.15, 0.2) is 73.1 Å². The summed E-state index contributed by atoms with van der Waals surface area (Å²) in [6, 6.07) is 19.3. The lowest BCUT2D eigenvalue weighted by Crippen LogP contribution is -2.53. The third-order valence-corrected chi connectivity index (χ3v) is 12.4. The van der Waals surface area contributed by atoms with Crippen molar-refractivity contribution in [1.29, 1.82) is 0 Å². The molecule has 5 heterocycles. The normalized spacial score (nSPS) is 19.2. The molecule has 3 aromatic carbocycles. The van der Waals surface area contributed by atoms with E-state index >= 15 is 0 Å². The third-order valence-electron chi connectivity index (χ3n) is 12.4. The fourth-order valence-corrected chi connectivity index (χ4v) is 9.04. The lowest BCUT2D eigenvalue weighted by atomic mass is 9.90. The molecule has 3 saturated heterocycles. The van der Waals surface area contributed by atoms with Crippen molar-refractivity contribution in [2.24, 2.45) is 11.8 Å². The monoisotopic (exact) mass is 830 g/mol. The van der Waals surface area contributed by atoms with Gasteiger partial charge >= 0.3 is 12.2 Å². The molecule has 8 rings (SSSR count). The Bertz CT molecular complexity index is 2370. The summed E-state index contributed by atoms with van der Waals surface area (Å²) in [6.07, 6.45) is 7.05. The highest BCUT2D eigenvalue weighted by Crippen LogP contribution is 2.36. The van der Waals surface area contributed by atoms with Crippen LogP contribution < -0.4 is 10.6 Å². The molecule has 1 unspecified atom stereocenters. The van der Waals surface area contributed by atoms with E-state index in [1.807, 2.05) is 36.0 Å². The largest absolute Gasteiger partial charge is 0.453 e. The van der Waals surface area contributed by atoms with Gasteiger partial charge in [-0.3, -0.25) is 9.59 Å². The molecule has 61 heavy (non-hydrogen) atoms. The molecule has 0 spiro atoms. The van der Waals surface area contributed by atoms with Crippen LogP contribution in [-0.4, -0.2) is 106 Å². The number of carbonyl (C=O) groups excluding carboxylic acids is 4. The van der Waals surface area contributed by atoms with Crippen LogP contribution >= 0.6 is 0 Å². The molecular formula is C46H54N8O7. The number of hydrogen-bond donors (Lipinski definition) is 4. The van der Waals surface area contributed by atoms with Crippen molar-refractivity contribution >= 4 is 34.8 Å². The minimum atomic E-state index is -0.690. The van der Waals surface area contributed by atoms with Gasteiger partial charge in [-0.1, -0.05) is 62.4 Å². The van der Waals surface area contributed by atoms with E-state index in [1.54, 1.807) is 0 Å². The number of nitrogens with zero attached hydrogens (tertiary/aromatic N) is 4. The van der Waals surface area contributed by atoms with Crippen molar-refractivity contribution in [3.63, 3.8) is 0 Å². The Morgan fingerprint density at radius 1 is 0.672 bits per heavy atom. The minimum Gasteiger partial charge on any atom is -0.453 e. The number of fused-ring (bicyclic) bond motifs is 1. The summed E-state index contributed by atoms with van der Waals surface area (Å²) in [7, 11) is 2.60. The Kier molecular flexibility index (Phi) is 12.4. The van der Waals surface area contributed by atoms with Gasteiger partial charge in [-0.15, -0.1) is 0 Å². The second-order valence-electron chi connectivity index (χ2n) is 16.5. The van der Waals surface area contributed by atoms with Gasteiger partial charge in [-0.2, -0.15) is 0 Å². The van der Waals surface area contributed by atoms with Gasteiger partial charge in [0.2, 0.25) is 11.8 Å². The topological polar surface area (TPSA) is 184 Å². The number of ether oxygens (including phenoxy) is 3. The van der Waals surface area contributed by atoms with Gasteiger partial charge in [0.1, 0.15) is 23.7 Å². The number of hydrogen-bond acceptors (Lipinski definition) is 9. The van der Waals surface area contributed by atoms with E-state index in [9.17, 15) is 19.2 Å². The molecular weight excluding hydrogens is 777 g/mol. The Labute approximate surface area is 354 Å². The Morgan fingerprint density at radius 3 is 1.77 bits per heavy atom. The average molecular weight is 831 g/mol. The number of likely N-dealkylation sites (tertiary alicyclic amines) is 2. The van der Waals surface area contributed by atoms with E-state index in [2.05, 4.69) is 81.3 Å². The molecule has 0 saturated carbocycles. The summed E-state index contributed by atoms with van der Waals surface area (Å²) < 4.78 is 15.2. The fraction of sp³-hybridized carbons (Fsp3) is 0.435. The van der Waals surface area contributed by atoms with Crippen molar-refractivity contribution in [3.8, 4) is 33.6 Å². The quantitative estimate of drug-likeness (QED) is 0.107. The molecule has 5 aromatic rings. The molecule has 15 heteroatoms. The molecule has 15 nitrogen and oxygen atoms in total. The summed E-state index contributed by atoms with van der Waals surface area (Å²) in [5.74, 6) is 1.07. The first-order chi connectivity index (χ1) is 29.6. The molecule has 0 radical (unpaired) electrons. The molecule has 3 fully saturated rings. The maximum absolute atomic E-state index is 14.0. The molecule has 4 N–H and O–H groups in total. The third kappa shape index (κ3) is 8.83. The summed E-state index contributed by atoms with van der Waals surface area (Å²) in [5.41, 5.74) is 5.88. The fourth-order valence-electron chi connectivity index (χ4n) is 9.04. The Balaban J connectivity index is 0.935. The van der Waals surface area contributed by atoms with Gasteiger partial charge in [-0.05, 0) is 90.0 Å². The van der Waals surface area contributed by atoms with Crippen LogP contribution in [0.1, 0.15) is 76.1 Å². The number of methoxy groups -OCH3 is 2. The maximum Gasteiger partial charge on any atom is 0.407 e. The second-order valence-corrected chi connectivity index (χ2v) is 16.5. The molecule has 4 amide bonds. The van der Waals surface area contributed by atoms with Crippen molar-refractivity contribution in [1.82, 2.24) is 40.4 Å². The highest BCUT2D eigenvalue weighted by molar-refractivity contribution is 5.91. The number of rotatable bonds is 11. The van der Waals surface area contributed by atoms with Gasteiger partial charge in [0.15, 0.2) is 0 Å². The lowest BCUT2D eigenvalue weighted by Gasteiger charge is -2.34. The standard InChI is InChI=1S/C46H54N8O7/c1-27(2)39(51-45(57)59-3)43(55)53-19-5-7-37(53)42-48-26-36(50-42)34-16-15-32-23-31(13-14-33(32)24-34)28-9-11-29(12-10-28)35-25-47-41(49-35)38-8-6-20-54(38)44(56)40(52-46(58)60-4)30-17-21-61-22-18-30/h9-16,23-27,30,37-40H,5-8,17-22H2,1-4H3,(H,47,49)(H,48,50)(H,51,57)(H,52,58)/t37-,38-,39-,40?/m0/s1. The summed E-state index contributed by atoms with van der Waals surface area (Å²) in [6.45, 7) is 6.12. The number of nitrogens with one attached hydrogen (secondary N) is 4. The first-order valence-corrected chi connectivity index (χ1v) is 21.2. The van der Waals surface area contributed by atoms with Crippen LogP contribution in [0.3, 0.4) is 0 Å². The zero-order valence-corrected chi connectivity index (χ0v) is 35.1. The highest BCUT2D eigenvalue weighted by Gasteiger charge is 2.40. The first-order valence-electron chi connectivity index (χ1n) is 21.2. The number of aromatic nitrogens is 4. The highest BCUT2D eigenvalue weighted by atomic mass is 16.5. The molecule has 0 aliphatic carbocycles. The average Bonchev–Trinajstić information content (AvgIpc) is 4.14. The smallest absolute Gasteiger partial charge is 0.407 e. The van der Waals surface area contributed by atoms with Crippen molar-refractivity contribution in [2.75, 3.05) is 40.5 Å². The molecule has 3 aliphatic heterocycles. The minimum absolute atomic E-state index is 0.0265. The van der Waals surface area contributed by atoms with Gasteiger partial charge in [0.25, 0.3) is 0 Å². The maximum atomic E-state index is 14.0. The number of imidazole rings is 2. The molecule has 4 atom stereocenters. The number of carbonyl (C=O) groups is 4. The molecule has 3 aliphatic rings. The zero-order chi connectivity index (χ0) is 42.6. The molecule has 2 aromatic heterocycles. The number of alkyl carbamates (subject to hydrolysis) is 2. The predicted octanol–water partition coefficient (Wildman–Crippen LogP) is 7.15. The van der Waals surface area contributed by atoms with Crippen LogP contribution in [0.2, 0.25) is 0 Å². The summed E-state index contributed by atoms with van der Waals surface area (Å²) in [5, 5.41) is 7.71. The van der Waals surface area contributed by atoms with Gasteiger partial charge in [0.05, 0.1) is 50.1 Å². The van der Waals surface area contributed by atoms with Crippen LogP contribution in [0.4, 0.5) is 9.59 Å². The van der Waals surface area contributed by atoms with Gasteiger partial charge in [0, 0.05) is 31.9 Å². The van der Waals surface area contributed by atoms with Crippen molar-refractivity contribution in [3.05, 3.63) is 84.7 Å². The predicted molar refractivity (Wildman–Crippen MR) is 229 cm³/mol. The molecule has 0 bridgehead atoms. The summed E-state index contributed by atoms with van der Waals surface area (Å²) >= 11 is 0. The molecule has 320 valence electrons. The Morgan fingerprint density at radius 2 is 1.18 bits per heavy atom. The van der Waals surface area contributed by atoms with E-state index in [0.29, 0.717) is 39.1 Å². The van der Waals surface area contributed by atoms with Gasteiger partial charge < -0.3 is 44.6 Å². The Hall–Kier alpha value is -6.22. The summed E-state index contributed by atoms with van der Waals surface area (Å²) in [4.78, 5) is 71.9. The van der Waals surface area contributed by atoms with Crippen LogP contribution in [0, 0.1) is 11.8 Å². The van der Waals surface area contributed by atoms with E-state index in [-0.39, 0.29) is 35.7 Å².